The summed E-state index contributed by atoms with van der Waals surface area (Å²) in [6.45, 7) is 11.7. The van der Waals surface area contributed by atoms with Gasteiger partial charge in [0.2, 0.25) is 5.82 Å². The van der Waals surface area contributed by atoms with Crippen molar-refractivity contribution in [1.82, 2.24) is 30.1 Å². The first kappa shape index (κ1) is 26.3. The van der Waals surface area contributed by atoms with Crippen LogP contribution in [0.3, 0.4) is 0 Å². The molecule has 0 aliphatic carbocycles. The summed E-state index contributed by atoms with van der Waals surface area (Å²) in [5.41, 5.74) is 2.21. The third kappa shape index (κ3) is 6.21. The van der Waals surface area contributed by atoms with Gasteiger partial charge < -0.3 is 24.8 Å². The van der Waals surface area contributed by atoms with Crippen LogP contribution in [0.5, 0.6) is 0 Å². The number of ether oxygens (including phenoxy) is 1. The molecule has 2 aromatic heterocycles. The monoisotopic (exact) mass is 511 g/mol. The molecule has 9 nitrogen and oxygen atoms in total. The molecule has 0 radical (unpaired) electrons. The van der Waals surface area contributed by atoms with Crippen LogP contribution in [0.2, 0.25) is 0 Å². The standard InChI is InChI=1S/C28H43N7O2.H2/c1-20-7-6-8-23(19-37-3)35(20)25-10-9-24-26(32-25)21(2)29-27(31-24)28(36)30-22-11-15-34(16-12-22)18-17-33-13-4-5-14-33;/h9-10,20,22-23H,4-8,11-19H2,1-3H3,(H,30,36);1H. The molecule has 5 rings (SSSR count). The molecule has 204 valence electrons. The van der Waals surface area contributed by atoms with E-state index < -0.39 is 0 Å². The number of aryl methyl sites for hydroxylation is 1. The number of carbonyl (C=O) groups excluding carboxylic acids is 1. The Balaban J connectivity index is 0.00000336. The molecule has 3 aliphatic heterocycles. The molecule has 1 amide bonds. The Morgan fingerprint density at radius 1 is 1.00 bits per heavy atom. The zero-order valence-electron chi connectivity index (χ0n) is 22.8. The number of pyridine rings is 1. The summed E-state index contributed by atoms with van der Waals surface area (Å²) in [5.74, 6) is 0.983. The molecule has 1 N–H and O–H groups in total. The molecular formula is C28H45N7O2. The van der Waals surface area contributed by atoms with Crippen LogP contribution >= 0.6 is 0 Å². The molecule has 0 saturated carbocycles. The van der Waals surface area contributed by atoms with Gasteiger partial charge in [-0.3, -0.25) is 4.79 Å². The van der Waals surface area contributed by atoms with E-state index in [0.717, 1.165) is 62.3 Å². The minimum atomic E-state index is -0.186. The van der Waals surface area contributed by atoms with Gasteiger partial charge in [-0.25, -0.2) is 15.0 Å². The lowest BCUT2D eigenvalue weighted by Crippen LogP contribution is -2.48. The number of hydrogen-bond acceptors (Lipinski definition) is 8. The molecule has 5 heterocycles. The number of fused-ring (bicyclic) bond motifs is 1. The van der Waals surface area contributed by atoms with Crippen molar-refractivity contribution < 1.29 is 11.0 Å². The highest BCUT2D eigenvalue weighted by Crippen LogP contribution is 2.29. The number of amides is 1. The van der Waals surface area contributed by atoms with Crippen molar-refractivity contribution in [2.24, 2.45) is 0 Å². The SMILES string of the molecule is COCC1CCCC(C)N1c1ccc2nc(C(=O)NC3CCN(CCN4CCCC4)CC3)nc(C)c2n1.[HH]. The highest BCUT2D eigenvalue weighted by atomic mass is 16.5. The summed E-state index contributed by atoms with van der Waals surface area (Å²) in [6, 6.07) is 4.90. The van der Waals surface area contributed by atoms with E-state index >= 15 is 0 Å². The number of hydrogen-bond donors (Lipinski definition) is 1. The first-order valence-electron chi connectivity index (χ1n) is 14.2. The van der Waals surface area contributed by atoms with Crippen LogP contribution in [0, 0.1) is 6.92 Å². The maximum Gasteiger partial charge on any atom is 0.289 e. The molecule has 3 fully saturated rings. The number of aromatic nitrogens is 3. The van der Waals surface area contributed by atoms with Gasteiger partial charge in [0, 0.05) is 46.8 Å². The molecule has 0 bridgehead atoms. The van der Waals surface area contributed by atoms with E-state index in [1.807, 2.05) is 19.1 Å². The van der Waals surface area contributed by atoms with Gasteiger partial charge in [0.05, 0.1) is 23.9 Å². The number of rotatable bonds is 8. The Kier molecular flexibility index (Phi) is 8.52. The van der Waals surface area contributed by atoms with Crippen molar-refractivity contribution in [3.05, 3.63) is 23.7 Å². The van der Waals surface area contributed by atoms with E-state index in [-0.39, 0.29) is 19.2 Å². The molecule has 2 aromatic rings. The second-order valence-electron chi connectivity index (χ2n) is 11.1. The minimum Gasteiger partial charge on any atom is -0.383 e. The number of anilines is 1. The van der Waals surface area contributed by atoms with Crippen molar-refractivity contribution >= 4 is 22.8 Å². The Hall–Kier alpha value is -2.36. The molecule has 2 unspecified atom stereocenters. The zero-order valence-corrected chi connectivity index (χ0v) is 22.8. The summed E-state index contributed by atoms with van der Waals surface area (Å²) in [6.07, 6.45) is 8.08. The molecule has 0 aromatic carbocycles. The van der Waals surface area contributed by atoms with Crippen molar-refractivity contribution in [3.8, 4) is 0 Å². The predicted octanol–water partition coefficient (Wildman–Crippen LogP) is 3.26. The van der Waals surface area contributed by atoms with Gasteiger partial charge in [0.1, 0.15) is 11.3 Å². The average Bonchev–Trinajstić information content (AvgIpc) is 3.42. The van der Waals surface area contributed by atoms with Gasteiger partial charge in [-0.2, -0.15) is 0 Å². The topological polar surface area (TPSA) is 86.7 Å². The molecule has 37 heavy (non-hydrogen) atoms. The Labute approximate surface area is 222 Å². The van der Waals surface area contributed by atoms with E-state index in [9.17, 15) is 4.79 Å². The number of nitrogens with one attached hydrogen (secondary N) is 1. The summed E-state index contributed by atoms with van der Waals surface area (Å²) in [5, 5.41) is 3.19. The zero-order chi connectivity index (χ0) is 25.8. The first-order chi connectivity index (χ1) is 18.0. The second kappa shape index (κ2) is 12.0. The van der Waals surface area contributed by atoms with Crippen molar-refractivity contribution in [1.29, 1.82) is 0 Å². The number of piperidine rings is 2. The third-order valence-corrected chi connectivity index (χ3v) is 8.41. The van der Waals surface area contributed by atoms with Crippen molar-refractivity contribution in [2.75, 3.05) is 57.9 Å². The highest BCUT2D eigenvalue weighted by molar-refractivity contribution is 5.93. The minimum absolute atomic E-state index is 0. The van der Waals surface area contributed by atoms with Crippen LogP contribution in [0.15, 0.2) is 12.1 Å². The fourth-order valence-corrected chi connectivity index (χ4v) is 6.29. The smallest absolute Gasteiger partial charge is 0.289 e. The quantitative estimate of drug-likeness (QED) is 0.578. The van der Waals surface area contributed by atoms with E-state index in [2.05, 4.69) is 36.9 Å². The van der Waals surface area contributed by atoms with Gasteiger partial charge in [0.15, 0.2) is 0 Å². The molecule has 0 spiro atoms. The lowest BCUT2D eigenvalue weighted by Gasteiger charge is -2.41. The van der Waals surface area contributed by atoms with E-state index in [1.54, 1.807) is 7.11 Å². The first-order valence-corrected chi connectivity index (χ1v) is 14.2. The number of methoxy groups -OCH3 is 1. The number of likely N-dealkylation sites (tertiary alicyclic amines) is 2. The fraction of sp³-hybridized carbons (Fsp3) is 0.714. The molecule has 2 atom stereocenters. The highest BCUT2D eigenvalue weighted by Gasteiger charge is 2.29. The Morgan fingerprint density at radius 3 is 2.46 bits per heavy atom. The van der Waals surface area contributed by atoms with E-state index in [4.69, 9.17) is 9.72 Å². The summed E-state index contributed by atoms with van der Waals surface area (Å²) in [7, 11) is 1.76. The van der Waals surface area contributed by atoms with E-state index in [0.29, 0.717) is 24.2 Å². The average molecular weight is 512 g/mol. The van der Waals surface area contributed by atoms with Gasteiger partial charge in [-0.05, 0) is 84.0 Å². The summed E-state index contributed by atoms with van der Waals surface area (Å²) < 4.78 is 5.49. The Bertz CT molecular complexity index is 1070. The van der Waals surface area contributed by atoms with Crippen LogP contribution in [0.1, 0.15) is 69.6 Å². The van der Waals surface area contributed by atoms with Crippen LogP contribution in [0.25, 0.3) is 11.0 Å². The maximum atomic E-state index is 13.1. The second-order valence-corrected chi connectivity index (χ2v) is 11.1. The number of carbonyl (C=O) groups is 1. The lowest BCUT2D eigenvalue weighted by atomic mass is 9.97. The van der Waals surface area contributed by atoms with Crippen LogP contribution < -0.4 is 10.2 Å². The van der Waals surface area contributed by atoms with Crippen LogP contribution in [-0.2, 0) is 4.74 Å². The maximum absolute atomic E-state index is 13.1. The van der Waals surface area contributed by atoms with Gasteiger partial charge >= 0.3 is 0 Å². The molecule has 3 aliphatic rings. The van der Waals surface area contributed by atoms with Gasteiger partial charge in [-0.15, -0.1) is 0 Å². The molecule has 9 heteroatoms. The van der Waals surface area contributed by atoms with Crippen molar-refractivity contribution in [3.63, 3.8) is 0 Å². The van der Waals surface area contributed by atoms with Gasteiger partial charge in [0.25, 0.3) is 5.91 Å². The summed E-state index contributed by atoms with van der Waals surface area (Å²) in [4.78, 5) is 34.7. The van der Waals surface area contributed by atoms with Gasteiger partial charge in [-0.1, -0.05) is 0 Å². The van der Waals surface area contributed by atoms with Crippen molar-refractivity contribution in [2.45, 2.75) is 76.9 Å². The largest absolute Gasteiger partial charge is 0.383 e. The fourth-order valence-electron chi connectivity index (χ4n) is 6.29. The number of nitrogens with zero attached hydrogens (tertiary/aromatic N) is 6. The van der Waals surface area contributed by atoms with Crippen LogP contribution in [-0.4, -0.2) is 102 Å². The lowest BCUT2D eigenvalue weighted by molar-refractivity contribution is 0.0897. The predicted molar refractivity (Wildman–Crippen MR) is 148 cm³/mol. The van der Waals surface area contributed by atoms with Crippen LogP contribution in [0.4, 0.5) is 5.82 Å². The normalized spacial score (nSPS) is 24.1. The summed E-state index contributed by atoms with van der Waals surface area (Å²) >= 11 is 0. The third-order valence-electron chi connectivity index (χ3n) is 8.41. The van der Waals surface area contributed by atoms with E-state index in [1.165, 1.54) is 38.9 Å². The molecular weight excluding hydrogens is 466 g/mol. The molecule has 3 saturated heterocycles. The Morgan fingerprint density at radius 2 is 1.73 bits per heavy atom.